The number of carbonyl (C=O) groups excluding carboxylic acids is 1. The highest BCUT2D eigenvalue weighted by atomic mass is 16.2. The van der Waals surface area contributed by atoms with Crippen LogP contribution in [0, 0.1) is 0 Å². The Bertz CT molecular complexity index is 852. The lowest BCUT2D eigenvalue weighted by Crippen LogP contribution is -2.16. The fraction of sp³-hybridized carbons (Fsp3) is 0.158. The minimum Gasteiger partial charge on any atom is -0.321 e. The fourth-order valence-corrected chi connectivity index (χ4v) is 3.10. The van der Waals surface area contributed by atoms with E-state index in [0.717, 1.165) is 24.2 Å². The maximum Gasteiger partial charge on any atom is 0.274 e. The van der Waals surface area contributed by atoms with Crippen molar-refractivity contribution in [2.75, 3.05) is 5.32 Å². The molecule has 23 heavy (non-hydrogen) atoms. The molecule has 1 aromatic heterocycles. The van der Waals surface area contributed by atoms with Crippen LogP contribution in [0.1, 0.15) is 28.0 Å². The number of nitrogens with one attached hydrogen (secondary N) is 1. The predicted molar refractivity (Wildman–Crippen MR) is 90.0 cm³/mol. The Morgan fingerprint density at radius 3 is 2.74 bits per heavy atom. The van der Waals surface area contributed by atoms with Gasteiger partial charge in [0.05, 0.1) is 12.5 Å². The summed E-state index contributed by atoms with van der Waals surface area (Å²) in [5, 5.41) is 2.98. The van der Waals surface area contributed by atoms with Crippen LogP contribution in [-0.2, 0) is 12.8 Å². The molecule has 2 aromatic carbocycles. The number of nitrogens with zero attached hydrogens (tertiary/aromatic N) is 2. The summed E-state index contributed by atoms with van der Waals surface area (Å²) in [7, 11) is 0. The van der Waals surface area contributed by atoms with Gasteiger partial charge in [-0.05, 0) is 54.7 Å². The maximum atomic E-state index is 12.6. The molecule has 0 unspecified atom stereocenters. The average Bonchev–Trinajstić information content (AvgIpc) is 3.24. The van der Waals surface area contributed by atoms with Gasteiger partial charge in [0.25, 0.3) is 5.91 Å². The van der Waals surface area contributed by atoms with Crippen LogP contribution >= 0.6 is 0 Å². The van der Waals surface area contributed by atoms with Crippen molar-refractivity contribution >= 4 is 11.6 Å². The van der Waals surface area contributed by atoms with Gasteiger partial charge < -0.3 is 5.32 Å². The molecule has 0 radical (unpaired) electrons. The van der Waals surface area contributed by atoms with Gasteiger partial charge in [-0.25, -0.2) is 4.98 Å². The Morgan fingerprint density at radius 1 is 1.04 bits per heavy atom. The van der Waals surface area contributed by atoms with Gasteiger partial charge in [0, 0.05) is 11.4 Å². The van der Waals surface area contributed by atoms with Crippen molar-refractivity contribution in [3.05, 3.63) is 77.9 Å². The van der Waals surface area contributed by atoms with E-state index in [0.29, 0.717) is 5.69 Å². The van der Waals surface area contributed by atoms with E-state index in [1.165, 1.54) is 17.5 Å². The number of anilines is 1. The Kier molecular flexibility index (Phi) is 3.42. The Labute approximate surface area is 134 Å². The fourth-order valence-electron chi connectivity index (χ4n) is 3.10. The molecule has 0 fully saturated rings. The van der Waals surface area contributed by atoms with Crippen molar-refractivity contribution in [3.63, 3.8) is 0 Å². The molecule has 1 amide bonds. The molecule has 0 bridgehead atoms. The molecular weight excluding hydrogens is 286 g/mol. The topological polar surface area (TPSA) is 46.9 Å². The van der Waals surface area contributed by atoms with Crippen molar-refractivity contribution in [2.45, 2.75) is 19.3 Å². The number of aromatic nitrogens is 2. The molecule has 4 heteroatoms. The van der Waals surface area contributed by atoms with Gasteiger partial charge >= 0.3 is 0 Å². The van der Waals surface area contributed by atoms with Crippen LogP contribution in [0.5, 0.6) is 0 Å². The van der Waals surface area contributed by atoms with E-state index in [-0.39, 0.29) is 5.91 Å². The van der Waals surface area contributed by atoms with Gasteiger partial charge in [0.1, 0.15) is 5.69 Å². The number of carbonyl (C=O) groups is 1. The Balaban J connectivity index is 1.60. The zero-order chi connectivity index (χ0) is 15.6. The smallest absolute Gasteiger partial charge is 0.274 e. The van der Waals surface area contributed by atoms with E-state index >= 15 is 0 Å². The first-order chi connectivity index (χ1) is 11.3. The first-order valence-electron chi connectivity index (χ1n) is 7.82. The highest BCUT2D eigenvalue weighted by molar-refractivity contribution is 6.03. The Morgan fingerprint density at radius 2 is 1.87 bits per heavy atom. The summed E-state index contributed by atoms with van der Waals surface area (Å²) in [5.41, 5.74) is 5.04. The average molecular weight is 303 g/mol. The molecule has 4 rings (SSSR count). The summed E-state index contributed by atoms with van der Waals surface area (Å²) >= 11 is 0. The molecule has 1 heterocycles. The largest absolute Gasteiger partial charge is 0.321 e. The molecule has 3 aromatic rings. The van der Waals surface area contributed by atoms with Crippen LogP contribution in [0.3, 0.4) is 0 Å². The van der Waals surface area contributed by atoms with Crippen LogP contribution in [0.25, 0.3) is 5.69 Å². The van der Waals surface area contributed by atoms with Crippen molar-refractivity contribution in [1.29, 1.82) is 0 Å². The zero-order valence-electron chi connectivity index (χ0n) is 12.7. The summed E-state index contributed by atoms with van der Waals surface area (Å²) < 4.78 is 1.79. The van der Waals surface area contributed by atoms with Gasteiger partial charge in [0.15, 0.2) is 0 Å². The molecule has 0 saturated heterocycles. The molecule has 4 nitrogen and oxygen atoms in total. The minimum atomic E-state index is -0.149. The summed E-state index contributed by atoms with van der Waals surface area (Å²) in [6.07, 6.45) is 6.70. The first-order valence-corrected chi connectivity index (χ1v) is 7.82. The van der Waals surface area contributed by atoms with Crippen molar-refractivity contribution in [1.82, 2.24) is 9.55 Å². The van der Waals surface area contributed by atoms with Crippen LogP contribution in [0.15, 0.2) is 61.1 Å². The number of benzene rings is 2. The molecule has 1 N–H and O–H groups in total. The van der Waals surface area contributed by atoms with Gasteiger partial charge in [0.2, 0.25) is 0 Å². The van der Waals surface area contributed by atoms with Crippen LogP contribution in [-0.4, -0.2) is 15.5 Å². The number of rotatable bonds is 3. The second-order valence-corrected chi connectivity index (χ2v) is 5.78. The molecule has 1 aliphatic carbocycles. The quantitative estimate of drug-likeness (QED) is 0.803. The van der Waals surface area contributed by atoms with Crippen LogP contribution < -0.4 is 5.32 Å². The third-order valence-corrected chi connectivity index (χ3v) is 4.26. The van der Waals surface area contributed by atoms with Crippen molar-refractivity contribution in [3.8, 4) is 5.69 Å². The summed E-state index contributed by atoms with van der Waals surface area (Å²) in [6.45, 7) is 0. The minimum absolute atomic E-state index is 0.149. The maximum absolute atomic E-state index is 12.6. The highest BCUT2D eigenvalue weighted by Gasteiger charge is 2.15. The van der Waals surface area contributed by atoms with Crippen molar-refractivity contribution < 1.29 is 4.79 Å². The van der Waals surface area contributed by atoms with Crippen LogP contribution in [0.2, 0.25) is 0 Å². The molecular formula is C19H17N3O. The summed E-state index contributed by atoms with van der Waals surface area (Å²) in [6, 6.07) is 15.9. The molecule has 0 spiro atoms. The molecule has 1 aliphatic rings. The normalized spacial score (nSPS) is 12.9. The zero-order valence-corrected chi connectivity index (χ0v) is 12.7. The summed E-state index contributed by atoms with van der Waals surface area (Å²) in [5.74, 6) is -0.149. The van der Waals surface area contributed by atoms with E-state index in [2.05, 4.69) is 22.4 Å². The van der Waals surface area contributed by atoms with E-state index in [1.807, 2.05) is 36.4 Å². The van der Waals surface area contributed by atoms with Gasteiger partial charge in [-0.1, -0.05) is 24.3 Å². The molecule has 0 saturated carbocycles. The highest BCUT2D eigenvalue weighted by Crippen LogP contribution is 2.25. The second-order valence-electron chi connectivity index (χ2n) is 5.78. The third kappa shape index (κ3) is 2.63. The number of hydrogen-bond donors (Lipinski definition) is 1. The predicted octanol–water partition coefficient (Wildman–Crippen LogP) is 3.61. The lowest BCUT2D eigenvalue weighted by molar-refractivity contribution is 0.102. The van der Waals surface area contributed by atoms with Gasteiger partial charge in [-0.2, -0.15) is 0 Å². The summed E-state index contributed by atoms with van der Waals surface area (Å²) in [4.78, 5) is 16.7. The third-order valence-electron chi connectivity index (χ3n) is 4.26. The van der Waals surface area contributed by atoms with Gasteiger partial charge in [-0.3, -0.25) is 9.36 Å². The van der Waals surface area contributed by atoms with E-state index in [9.17, 15) is 4.79 Å². The molecule has 0 atom stereocenters. The van der Waals surface area contributed by atoms with E-state index in [1.54, 1.807) is 17.1 Å². The number of amides is 1. The Hall–Kier alpha value is -2.88. The van der Waals surface area contributed by atoms with E-state index in [4.69, 9.17) is 0 Å². The lowest BCUT2D eigenvalue weighted by atomic mass is 10.1. The lowest BCUT2D eigenvalue weighted by Gasteiger charge is -2.10. The number of hydrogen-bond acceptors (Lipinski definition) is 2. The SMILES string of the molecule is O=C(Nc1ccc2c(c1)CCC2)c1cncn1-c1ccccc1. The first kappa shape index (κ1) is 13.8. The number of aryl methyl sites for hydroxylation is 2. The monoisotopic (exact) mass is 303 g/mol. The van der Waals surface area contributed by atoms with E-state index < -0.39 is 0 Å². The number of imidazole rings is 1. The standard InChI is InChI=1S/C19H17N3O/c23-19(21-16-10-9-14-5-4-6-15(14)11-16)18-12-20-13-22(18)17-7-2-1-3-8-17/h1-3,7-13H,4-6H2,(H,21,23). The second kappa shape index (κ2) is 5.72. The van der Waals surface area contributed by atoms with Crippen LogP contribution in [0.4, 0.5) is 5.69 Å². The number of fused-ring (bicyclic) bond motifs is 1. The van der Waals surface area contributed by atoms with Crippen molar-refractivity contribution in [2.24, 2.45) is 0 Å². The van der Waals surface area contributed by atoms with Gasteiger partial charge in [-0.15, -0.1) is 0 Å². The number of para-hydroxylation sites is 1. The molecule has 0 aliphatic heterocycles. The molecule has 114 valence electrons.